The summed E-state index contributed by atoms with van der Waals surface area (Å²) in [7, 11) is 0. The summed E-state index contributed by atoms with van der Waals surface area (Å²) in [5.74, 6) is 0. The van der Waals surface area contributed by atoms with Crippen LogP contribution in [0.4, 0.5) is 0 Å². The van der Waals surface area contributed by atoms with Crippen LogP contribution in [0, 0.1) is 4.38 Å². The summed E-state index contributed by atoms with van der Waals surface area (Å²) in [6, 6.07) is 0. The Morgan fingerprint density at radius 2 is 2.25 bits per heavy atom. The predicted molar refractivity (Wildman–Crippen MR) is 17.5 cm³/mol. The molecule has 3 heteroatoms. The van der Waals surface area contributed by atoms with E-state index in [-0.39, 0.29) is 14.8 Å². The first-order chi connectivity index (χ1) is 1.91. The first-order valence-electron chi connectivity index (χ1n) is 0.901. The molecule has 0 unspecified atom stereocenters. The van der Waals surface area contributed by atoms with Crippen molar-refractivity contribution < 1.29 is 0 Å². The van der Waals surface area contributed by atoms with Crippen LogP contribution < -0.4 is 5.73 Å². The van der Waals surface area contributed by atoms with Crippen molar-refractivity contribution in [1.29, 1.82) is 4.38 Å². The van der Waals surface area contributed by atoms with Crippen molar-refractivity contribution in [2.45, 2.75) is 0 Å². The van der Waals surface area contributed by atoms with Crippen LogP contribution >= 0.6 is 0 Å². The van der Waals surface area contributed by atoms with E-state index in [1.165, 1.54) is 0 Å². The van der Waals surface area contributed by atoms with Crippen molar-refractivity contribution in [3.8, 4) is 0 Å². The zero-order valence-corrected chi connectivity index (χ0v) is 3.91. The standard InChI is InChI=1S/CH5N2Se/c2-1-4-3/h3H,1-2H2. The summed E-state index contributed by atoms with van der Waals surface area (Å²) < 4.78 is 6.39. The van der Waals surface area contributed by atoms with E-state index < -0.39 is 0 Å². The molecule has 0 aromatic heterocycles. The Hall–Kier alpha value is 0.279. The van der Waals surface area contributed by atoms with Crippen LogP contribution in [-0.2, 0) is 0 Å². The topological polar surface area (TPSA) is 49.9 Å². The molecule has 0 aliphatic rings. The van der Waals surface area contributed by atoms with Gasteiger partial charge in [0.15, 0.2) is 0 Å². The molecule has 0 aliphatic carbocycles. The first-order valence-corrected chi connectivity index (χ1v) is 2.97. The van der Waals surface area contributed by atoms with E-state index in [2.05, 4.69) is 0 Å². The van der Waals surface area contributed by atoms with Gasteiger partial charge >= 0.3 is 30.3 Å². The van der Waals surface area contributed by atoms with Crippen molar-refractivity contribution in [3.05, 3.63) is 0 Å². The van der Waals surface area contributed by atoms with E-state index in [4.69, 9.17) is 10.1 Å². The number of rotatable bonds is 1. The quantitative estimate of drug-likeness (QED) is 0.449. The molecule has 3 N–H and O–H groups in total. The summed E-state index contributed by atoms with van der Waals surface area (Å²) in [5, 5.41) is 0. The van der Waals surface area contributed by atoms with Crippen molar-refractivity contribution in [1.82, 2.24) is 0 Å². The summed E-state index contributed by atoms with van der Waals surface area (Å²) in [6.45, 7) is 0. The maximum absolute atomic E-state index is 6.39. The van der Waals surface area contributed by atoms with E-state index in [9.17, 15) is 0 Å². The second-order valence-corrected chi connectivity index (χ2v) is 1.62. The predicted octanol–water partition coefficient (Wildman–Crippen LogP) is -0.631. The molecule has 0 amide bonds. The van der Waals surface area contributed by atoms with Gasteiger partial charge < -0.3 is 0 Å². The number of hydrogen-bond donors (Lipinski definition) is 2. The summed E-state index contributed by atoms with van der Waals surface area (Å²) >= 11 is -0.0556. The fourth-order valence-electron chi connectivity index (χ4n) is 0. The van der Waals surface area contributed by atoms with Gasteiger partial charge in [0.2, 0.25) is 0 Å². The summed E-state index contributed by atoms with van der Waals surface area (Å²) in [5.41, 5.74) is 5.42. The van der Waals surface area contributed by atoms with Gasteiger partial charge in [0.05, 0.1) is 0 Å². The van der Waals surface area contributed by atoms with Gasteiger partial charge in [0.1, 0.15) is 0 Å². The second kappa shape index (κ2) is 3.28. The first kappa shape index (κ1) is 4.28. The average Bonchev–Trinajstić information content (AvgIpc) is 1.37. The van der Waals surface area contributed by atoms with Crippen LogP contribution in [0.3, 0.4) is 0 Å². The number of hydrogen-bond acceptors (Lipinski definition) is 2. The minimum atomic E-state index is -0.0556. The van der Waals surface area contributed by atoms with E-state index in [1.807, 2.05) is 0 Å². The summed E-state index contributed by atoms with van der Waals surface area (Å²) in [6.07, 6.45) is 0. The van der Waals surface area contributed by atoms with E-state index >= 15 is 0 Å². The fraction of sp³-hybridized carbons (Fsp3) is 1.00. The van der Waals surface area contributed by atoms with Gasteiger partial charge in [-0.05, 0) is 0 Å². The van der Waals surface area contributed by atoms with Gasteiger partial charge in [0, 0.05) is 0 Å². The van der Waals surface area contributed by atoms with Crippen LogP contribution in [0.2, 0.25) is 0 Å². The molecule has 1 radical (unpaired) electrons. The van der Waals surface area contributed by atoms with Gasteiger partial charge in [-0.25, -0.2) is 0 Å². The van der Waals surface area contributed by atoms with Crippen molar-refractivity contribution in [3.63, 3.8) is 0 Å². The Morgan fingerprint density at radius 3 is 2.25 bits per heavy atom. The Balaban J connectivity index is 2.30. The number of nitrogens with one attached hydrogen (secondary N) is 1. The van der Waals surface area contributed by atoms with Crippen LogP contribution in [-0.4, -0.2) is 20.2 Å². The van der Waals surface area contributed by atoms with E-state index in [0.29, 0.717) is 5.44 Å². The Kier molecular flexibility index (Phi) is 3.51. The third-order valence-corrected chi connectivity index (χ3v) is 0.433. The van der Waals surface area contributed by atoms with E-state index in [0.717, 1.165) is 0 Å². The van der Waals surface area contributed by atoms with Gasteiger partial charge in [-0.3, -0.25) is 0 Å². The molecule has 2 nitrogen and oxygen atoms in total. The summed E-state index contributed by atoms with van der Waals surface area (Å²) in [4.78, 5) is 0. The van der Waals surface area contributed by atoms with Crippen LogP contribution in [0.1, 0.15) is 0 Å². The van der Waals surface area contributed by atoms with Crippen LogP contribution in [0.25, 0.3) is 0 Å². The van der Waals surface area contributed by atoms with Crippen LogP contribution in [0.5, 0.6) is 0 Å². The Bertz CT molecular complexity index is 20.0. The molecule has 0 aliphatic heterocycles. The van der Waals surface area contributed by atoms with Crippen LogP contribution in [0.15, 0.2) is 0 Å². The molecule has 0 atom stereocenters. The monoisotopic (exact) mass is 125 g/mol. The second-order valence-electron chi connectivity index (χ2n) is 0.311. The third-order valence-electron chi connectivity index (χ3n) is 0.0833. The molecule has 0 aromatic carbocycles. The molecule has 0 saturated heterocycles. The molecule has 0 aromatic rings. The third kappa shape index (κ3) is 2.28. The zero-order valence-electron chi connectivity index (χ0n) is 2.19. The fourth-order valence-corrected chi connectivity index (χ4v) is 0. The maximum atomic E-state index is 6.39. The van der Waals surface area contributed by atoms with Gasteiger partial charge in [0.25, 0.3) is 0 Å². The van der Waals surface area contributed by atoms with Crippen molar-refractivity contribution >= 4 is 14.8 Å². The normalized spacial score (nSPS) is 6.25. The SMILES string of the molecule is N=[Se]CN. The number of nitrogens with two attached hydrogens (primary N) is 1. The Morgan fingerprint density at radius 1 is 2.00 bits per heavy atom. The Labute approximate surface area is 31.1 Å². The minimum absolute atomic E-state index is 0.0556. The molecule has 0 rings (SSSR count). The molecule has 0 heterocycles. The molecule has 0 bridgehead atoms. The van der Waals surface area contributed by atoms with Gasteiger partial charge in [-0.1, -0.05) is 0 Å². The van der Waals surface area contributed by atoms with E-state index in [1.54, 1.807) is 0 Å². The van der Waals surface area contributed by atoms with Crippen molar-refractivity contribution in [2.75, 3.05) is 5.44 Å². The molecule has 0 spiro atoms. The molecule has 25 valence electrons. The van der Waals surface area contributed by atoms with Gasteiger partial charge in [-0.15, -0.1) is 0 Å². The van der Waals surface area contributed by atoms with Gasteiger partial charge in [-0.2, -0.15) is 0 Å². The molecule has 0 fully saturated rings. The molecular weight excluding hydrogens is 119 g/mol. The molecule has 0 saturated carbocycles. The zero-order chi connectivity index (χ0) is 3.41. The molecular formula is CH5N2Se. The average molecular weight is 124 g/mol. The van der Waals surface area contributed by atoms with Crippen molar-refractivity contribution in [2.24, 2.45) is 5.73 Å². The molecule has 4 heavy (non-hydrogen) atoms.